The van der Waals surface area contributed by atoms with Crippen LogP contribution < -0.4 is 0 Å². The summed E-state index contributed by atoms with van der Waals surface area (Å²) >= 11 is 0. The molecular weight excluding hydrogens is 380 g/mol. The summed E-state index contributed by atoms with van der Waals surface area (Å²) in [6, 6.07) is 0. The maximum absolute atomic E-state index is 9.95. The largest absolute Gasteiger partial charge is 0.396 e. The van der Waals surface area contributed by atoms with Crippen LogP contribution in [0.1, 0.15) is 71.6 Å². The molecule has 30 heavy (non-hydrogen) atoms. The Morgan fingerprint density at radius 1 is 0.800 bits per heavy atom. The molecule has 0 bridgehead atoms. The fraction of sp³-hybridized carbons (Fsp3) is 1.00. The molecule has 6 fully saturated rings. The van der Waals surface area contributed by atoms with Crippen LogP contribution in [0.3, 0.4) is 0 Å². The Bertz CT molecular complexity index is 668. The number of hydrogen-bond acceptors (Lipinski definition) is 5. The zero-order valence-electron chi connectivity index (χ0n) is 18.9. The lowest BCUT2D eigenvalue weighted by molar-refractivity contribution is -0.264. The van der Waals surface area contributed by atoms with Gasteiger partial charge in [-0.2, -0.15) is 0 Å². The predicted octanol–water partition coefficient (Wildman–Crippen LogP) is 4.12. The minimum atomic E-state index is -0.336. The minimum absolute atomic E-state index is 0.144. The van der Waals surface area contributed by atoms with Crippen molar-refractivity contribution in [1.29, 1.82) is 0 Å². The molecule has 4 aliphatic carbocycles. The third kappa shape index (κ3) is 2.59. The van der Waals surface area contributed by atoms with Crippen LogP contribution in [0.15, 0.2) is 0 Å². The molecule has 0 aromatic heterocycles. The molecule has 0 aromatic carbocycles. The van der Waals surface area contributed by atoms with E-state index in [9.17, 15) is 5.11 Å². The van der Waals surface area contributed by atoms with Gasteiger partial charge in [0.2, 0.25) is 0 Å². The number of rotatable bonds is 2. The fourth-order valence-corrected chi connectivity index (χ4v) is 9.56. The predicted molar refractivity (Wildman–Crippen MR) is 112 cm³/mol. The molecule has 7 atom stereocenters. The number of aliphatic hydroxyl groups excluding tert-OH is 1. The van der Waals surface area contributed by atoms with Crippen LogP contribution in [0, 0.1) is 40.4 Å². The zero-order valence-corrected chi connectivity index (χ0v) is 18.9. The second-order valence-electron chi connectivity index (χ2n) is 11.8. The minimum Gasteiger partial charge on any atom is -0.396 e. The number of ether oxygens (including phenoxy) is 4. The fourth-order valence-electron chi connectivity index (χ4n) is 9.56. The summed E-state index contributed by atoms with van der Waals surface area (Å²) in [6.45, 7) is 8.33. The molecule has 0 amide bonds. The van der Waals surface area contributed by atoms with Crippen molar-refractivity contribution < 1.29 is 24.1 Å². The van der Waals surface area contributed by atoms with Gasteiger partial charge in [0.05, 0.1) is 26.4 Å². The second-order valence-corrected chi connectivity index (χ2v) is 11.8. The Hall–Kier alpha value is -0.200. The average Bonchev–Trinajstić information content (AvgIpc) is 3.45. The molecule has 0 aromatic rings. The first kappa shape index (κ1) is 20.4. The molecule has 2 spiro atoms. The van der Waals surface area contributed by atoms with Crippen molar-refractivity contribution in [3.63, 3.8) is 0 Å². The standard InChI is InChI=1S/C25H40O5/c1-22-8-9-24(27-11-12-28-24)16-21(22)17(5-10-26)15-18-19(22)3-6-23(2)20(18)4-7-25(23)29-13-14-30-25/h17-21,26H,3-16H2,1-2H3/t17-,18+,19-,20-,21?,22+,23-/m0/s1. The monoisotopic (exact) mass is 420 g/mol. The van der Waals surface area contributed by atoms with Gasteiger partial charge in [-0.25, -0.2) is 0 Å². The molecule has 4 saturated carbocycles. The second kappa shape index (κ2) is 6.90. The smallest absolute Gasteiger partial charge is 0.174 e. The average molecular weight is 421 g/mol. The van der Waals surface area contributed by atoms with Gasteiger partial charge in [-0.3, -0.25) is 0 Å². The van der Waals surface area contributed by atoms with E-state index in [2.05, 4.69) is 13.8 Å². The van der Waals surface area contributed by atoms with Gasteiger partial charge in [0, 0.05) is 31.3 Å². The Kier molecular flexibility index (Phi) is 4.69. The van der Waals surface area contributed by atoms with Crippen molar-refractivity contribution >= 4 is 0 Å². The molecule has 2 aliphatic heterocycles. The SMILES string of the molecule is C[C@]12CCC3(CC1[C@@H](CCO)C[C@@H]1[C@@H]2CC[C@@]2(C)[C@H]1CCC21OCCO1)OCCO3. The summed E-state index contributed by atoms with van der Waals surface area (Å²) < 4.78 is 25.0. The Balaban J connectivity index is 1.33. The summed E-state index contributed by atoms with van der Waals surface area (Å²) in [6.07, 6.45) is 10.2. The van der Waals surface area contributed by atoms with Crippen LogP contribution in [0.4, 0.5) is 0 Å². The highest BCUT2D eigenvalue weighted by molar-refractivity contribution is 5.14. The van der Waals surface area contributed by atoms with Gasteiger partial charge in [0.25, 0.3) is 0 Å². The molecule has 0 radical (unpaired) electrons. The van der Waals surface area contributed by atoms with Crippen LogP contribution in [-0.2, 0) is 18.9 Å². The molecule has 6 aliphatic rings. The van der Waals surface area contributed by atoms with E-state index < -0.39 is 0 Å². The summed E-state index contributed by atoms with van der Waals surface area (Å²) in [4.78, 5) is 0. The third-order valence-corrected chi connectivity index (χ3v) is 11.0. The highest BCUT2D eigenvalue weighted by Crippen LogP contribution is 2.71. The van der Waals surface area contributed by atoms with Gasteiger partial charge in [0.15, 0.2) is 11.6 Å². The van der Waals surface area contributed by atoms with Crippen LogP contribution in [0.25, 0.3) is 0 Å². The van der Waals surface area contributed by atoms with Crippen LogP contribution in [-0.4, -0.2) is 49.7 Å². The topological polar surface area (TPSA) is 57.2 Å². The molecule has 2 heterocycles. The quantitative estimate of drug-likeness (QED) is 0.728. The summed E-state index contributed by atoms with van der Waals surface area (Å²) in [5.41, 5.74) is 0.475. The van der Waals surface area contributed by atoms with Gasteiger partial charge < -0.3 is 24.1 Å². The van der Waals surface area contributed by atoms with E-state index in [4.69, 9.17) is 18.9 Å². The highest BCUT2D eigenvalue weighted by atomic mass is 16.7. The Labute approximate surface area is 181 Å². The van der Waals surface area contributed by atoms with Gasteiger partial charge >= 0.3 is 0 Å². The van der Waals surface area contributed by atoms with E-state index >= 15 is 0 Å². The van der Waals surface area contributed by atoms with Gasteiger partial charge in [-0.15, -0.1) is 0 Å². The van der Waals surface area contributed by atoms with E-state index in [1.165, 1.54) is 32.1 Å². The van der Waals surface area contributed by atoms with E-state index in [1.807, 2.05) is 0 Å². The van der Waals surface area contributed by atoms with Crippen molar-refractivity contribution in [2.24, 2.45) is 40.4 Å². The van der Waals surface area contributed by atoms with Crippen molar-refractivity contribution in [2.75, 3.05) is 33.0 Å². The van der Waals surface area contributed by atoms with Gasteiger partial charge in [0.1, 0.15) is 0 Å². The first-order valence-corrected chi connectivity index (χ1v) is 12.6. The molecule has 6 rings (SSSR count). The highest BCUT2D eigenvalue weighted by Gasteiger charge is 2.68. The molecule has 2 saturated heterocycles. The van der Waals surface area contributed by atoms with Gasteiger partial charge in [-0.05, 0) is 73.5 Å². The number of aliphatic hydroxyl groups is 1. The summed E-state index contributed by atoms with van der Waals surface area (Å²) in [5, 5.41) is 9.95. The van der Waals surface area contributed by atoms with Crippen molar-refractivity contribution in [3.05, 3.63) is 0 Å². The molecule has 170 valence electrons. The van der Waals surface area contributed by atoms with Crippen molar-refractivity contribution in [3.8, 4) is 0 Å². The van der Waals surface area contributed by atoms with Crippen LogP contribution >= 0.6 is 0 Å². The van der Waals surface area contributed by atoms with Crippen LogP contribution in [0.2, 0.25) is 0 Å². The van der Waals surface area contributed by atoms with Crippen molar-refractivity contribution in [2.45, 2.75) is 83.2 Å². The normalized spacial score (nSPS) is 51.1. The molecular formula is C25H40O5. The molecule has 1 unspecified atom stereocenters. The van der Waals surface area contributed by atoms with E-state index in [1.54, 1.807) is 0 Å². The zero-order chi connectivity index (χ0) is 20.6. The maximum atomic E-state index is 9.95. The van der Waals surface area contributed by atoms with E-state index in [0.717, 1.165) is 63.9 Å². The lowest BCUT2D eigenvalue weighted by Crippen LogP contribution is -2.60. The summed E-state index contributed by atoms with van der Waals surface area (Å²) in [5.74, 6) is 2.68. The van der Waals surface area contributed by atoms with Gasteiger partial charge in [-0.1, -0.05) is 13.8 Å². The maximum Gasteiger partial charge on any atom is 0.174 e. The lowest BCUT2D eigenvalue weighted by Gasteiger charge is -2.64. The third-order valence-electron chi connectivity index (χ3n) is 11.0. The Morgan fingerprint density at radius 2 is 1.50 bits per heavy atom. The molecule has 5 heteroatoms. The summed E-state index contributed by atoms with van der Waals surface area (Å²) in [7, 11) is 0. The first-order valence-electron chi connectivity index (χ1n) is 12.6. The van der Waals surface area contributed by atoms with Crippen LogP contribution in [0.5, 0.6) is 0 Å². The Morgan fingerprint density at radius 3 is 2.23 bits per heavy atom. The van der Waals surface area contributed by atoms with E-state index in [-0.39, 0.29) is 17.0 Å². The number of hydrogen-bond donors (Lipinski definition) is 1. The van der Waals surface area contributed by atoms with Crippen molar-refractivity contribution in [1.82, 2.24) is 0 Å². The first-order chi connectivity index (χ1) is 14.5. The molecule has 5 nitrogen and oxygen atoms in total. The van der Waals surface area contributed by atoms with E-state index in [0.29, 0.717) is 29.8 Å². The number of fused-ring (bicyclic) bond motifs is 6. The molecule has 1 N–H and O–H groups in total. The lowest BCUT2D eigenvalue weighted by atomic mass is 9.42.